The van der Waals surface area contributed by atoms with E-state index in [9.17, 15) is 14.4 Å². The number of amides is 2. The Hall–Kier alpha value is -4.59. The number of carbonyl (C=O) groups is 3. The first-order chi connectivity index (χ1) is 18.5. The van der Waals surface area contributed by atoms with E-state index in [1.807, 2.05) is 41.4 Å². The van der Waals surface area contributed by atoms with Crippen molar-refractivity contribution < 1.29 is 28.6 Å². The monoisotopic (exact) mass is 510 g/mol. The normalized spacial score (nSPS) is 23.1. The average Bonchev–Trinajstić information content (AvgIpc) is 3.44. The number of hydrogen-bond acceptors (Lipinski definition) is 7. The molecule has 6 rings (SSSR count). The fraction of sp³-hybridized carbons (Fsp3) is 0.233. The van der Waals surface area contributed by atoms with Crippen molar-refractivity contribution in [3.63, 3.8) is 0 Å². The number of rotatable bonds is 6. The predicted molar refractivity (Wildman–Crippen MR) is 140 cm³/mol. The van der Waals surface area contributed by atoms with Crippen molar-refractivity contribution in [1.82, 2.24) is 4.90 Å². The van der Waals surface area contributed by atoms with Gasteiger partial charge in [0.2, 0.25) is 11.8 Å². The van der Waals surface area contributed by atoms with Crippen LogP contribution in [0.4, 0.5) is 5.69 Å². The van der Waals surface area contributed by atoms with E-state index < -0.39 is 23.9 Å². The fourth-order valence-electron chi connectivity index (χ4n) is 6.00. The van der Waals surface area contributed by atoms with E-state index in [1.165, 1.54) is 19.1 Å². The van der Waals surface area contributed by atoms with Crippen LogP contribution in [0.15, 0.2) is 72.9 Å². The second-order valence-electron chi connectivity index (χ2n) is 9.48. The van der Waals surface area contributed by atoms with Crippen LogP contribution in [0.5, 0.6) is 17.2 Å². The van der Waals surface area contributed by atoms with Gasteiger partial charge in [0, 0.05) is 11.8 Å². The number of carbonyl (C=O) groups excluding carboxylic acids is 3. The van der Waals surface area contributed by atoms with Gasteiger partial charge in [-0.25, -0.2) is 4.90 Å². The lowest BCUT2D eigenvalue weighted by atomic mass is 9.83. The van der Waals surface area contributed by atoms with Crippen LogP contribution in [-0.4, -0.2) is 49.9 Å². The molecule has 0 radical (unpaired) electrons. The second-order valence-corrected chi connectivity index (χ2v) is 9.48. The molecule has 8 nitrogen and oxygen atoms in total. The summed E-state index contributed by atoms with van der Waals surface area (Å²) < 4.78 is 16.0. The molecule has 8 heteroatoms. The van der Waals surface area contributed by atoms with Crippen LogP contribution in [0.2, 0.25) is 0 Å². The molecule has 0 spiro atoms. The molecule has 4 atom stereocenters. The average molecular weight is 511 g/mol. The summed E-state index contributed by atoms with van der Waals surface area (Å²) in [4.78, 5) is 45.2. The van der Waals surface area contributed by atoms with Crippen molar-refractivity contribution in [3.8, 4) is 17.2 Å². The second kappa shape index (κ2) is 9.06. The first-order valence-corrected chi connectivity index (χ1v) is 12.3. The molecule has 0 saturated carbocycles. The highest BCUT2D eigenvalue weighted by atomic mass is 16.5. The van der Waals surface area contributed by atoms with Gasteiger partial charge in [-0.15, -0.1) is 0 Å². The summed E-state index contributed by atoms with van der Waals surface area (Å²) in [5.41, 5.74) is 2.72. The van der Waals surface area contributed by atoms with Crippen molar-refractivity contribution in [2.75, 3.05) is 26.2 Å². The number of Topliss-reactive ketones (excluding diaryl/α,β-unsaturated/α-hetero) is 1. The molecule has 0 bridgehead atoms. The lowest BCUT2D eigenvalue weighted by Crippen LogP contribution is -2.44. The molecular formula is C30H26N2O6. The molecule has 2 saturated heterocycles. The highest BCUT2D eigenvalue weighted by Gasteiger charge is 2.64. The van der Waals surface area contributed by atoms with Crippen LogP contribution in [0.3, 0.4) is 0 Å². The molecule has 38 heavy (non-hydrogen) atoms. The van der Waals surface area contributed by atoms with E-state index in [2.05, 4.69) is 0 Å². The minimum absolute atomic E-state index is 0.259. The molecule has 3 aliphatic heterocycles. The van der Waals surface area contributed by atoms with Gasteiger partial charge in [0.15, 0.2) is 17.3 Å². The Morgan fingerprint density at radius 1 is 0.789 bits per heavy atom. The SMILES string of the molecule is COc1ccc(N2C(=O)[C@@H]3[C@H](C2=O)[C@H]2c4ccccc4C=CN2[C@@H]3C(=O)c2ccc(OC)c(OC)c2)cc1. The number of anilines is 1. The smallest absolute Gasteiger partial charge is 0.240 e. The molecule has 3 aliphatic rings. The van der Waals surface area contributed by atoms with Gasteiger partial charge in [0.1, 0.15) is 11.8 Å². The van der Waals surface area contributed by atoms with Gasteiger partial charge in [-0.05, 0) is 59.7 Å². The molecule has 3 aromatic carbocycles. The zero-order valence-corrected chi connectivity index (χ0v) is 21.2. The van der Waals surface area contributed by atoms with E-state index in [0.717, 1.165) is 11.1 Å². The minimum atomic E-state index is -0.868. The summed E-state index contributed by atoms with van der Waals surface area (Å²) in [5.74, 6) is -1.00. The zero-order chi connectivity index (χ0) is 26.6. The number of methoxy groups -OCH3 is 3. The van der Waals surface area contributed by atoms with Gasteiger partial charge < -0.3 is 19.1 Å². The number of hydrogen-bond donors (Lipinski definition) is 0. The maximum absolute atomic E-state index is 14.1. The molecule has 0 aromatic heterocycles. The van der Waals surface area contributed by atoms with Crippen molar-refractivity contribution in [2.45, 2.75) is 12.1 Å². The summed E-state index contributed by atoms with van der Waals surface area (Å²) in [6.07, 6.45) is 3.77. The number of fused-ring (bicyclic) bond motifs is 5. The van der Waals surface area contributed by atoms with Crippen molar-refractivity contribution >= 4 is 29.4 Å². The maximum Gasteiger partial charge on any atom is 0.240 e. The van der Waals surface area contributed by atoms with Crippen molar-refractivity contribution in [2.24, 2.45) is 11.8 Å². The maximum atomic E-state index is 14.1. The third-order valence-corrected chi connectivity index (χ3v) is 7.73. The fourth-order valence-corrected chi connectivity index (χ4v) is 6.00. The third kappa shape index (κ3) is 3.40. The molecule has 2 fully saturated rings. The molecular weight excluding hydrogens is 484 g/mol. The van der Waals surface area contributed by atoms with E-state index in [4.69, 9.17) is 14.2 Å². The molecule has 3 heterocycles. The van der Waals surface area contributed by atoms with Gasteiger partial charge in [0.05, 0.1) is 44.9 Å². The first kappa shape index (κ1) is 23.8. The van der Waals surface area contributed by atoms with E-state index in [1.54, 1.807) is 49.6 Å². The van der Waals surface area contributed by atoms with Gasteiger partial charge >= 0.3 is 0 Å². The standard InChI is InChI=1S/C30H26N2O6/c1-36-20-11-9-19(10-12-20)32-29(34)24-25(30(32)35)27(28(33)18-8-13-22(37-2)23(16-18)38-3)31-15-14-17-6-4-5-7-21(17)26(24)31/h4-16,24-27H,1-3H3/t24-,25+,26+,27-/m0/s1. The number of ketones is 1. The molecule has 0 aliphatic carbocycles. The molecule has 0 unspecified atom stereocenters. The summed E-state index contributed by atoms with van der Waals surface area (Å²) in [7, 11) is 4.58. The Morgan fingerprint density at radius 2 is 1.50 bits per heavy atom. The van der Waals surface area contributed by atoms with Crippen molar-refractivity contribution in [1.29, 1.82) is 0 Å². The Bertz CT molecular complexity index is 1480. The van der Waals surface area contributed by atoms with Crippen molar-refractivity contribution in [3.05, 3.63) is 89.6 Å². The lowest BCUT2D eigenvalue weighted by molar-refractivity contribution is -0.123. The zero-order valence-electron chi connectivity index (χ0n) is 21.2. The summed E-state index contributed by atoms with van der Waals surface area (Å²) in [6, 6.07) is 18.2. The van der Waals surface area contributed by atoms with Gasteiger partial charge in [-0.2, -0.15) is 0 Å². The number of nitrogens with zero attached hydrogens (tertiary/aromatic N) is 2. The summed E-state index contributed by atoms with van der Waals surface area (Å²) in [5, 5.41) is 0. The molecule has 2 amide bonds. The minimum Gasteiger partial charge on any atom is -0.497 e. The van der Waals surface area contributed by atoms with Crippen LogP contribution >= 0.6 is 0 Å². The number of ether oxygens (including phenoxy) is 3. The number of benzene rings is 3. The predicted octanol–water partition coefficient (Wildman–Crippen LogP) is 4.11. The Balaban J connectivity index is 1.47. The van der Waals surface area contributed by atoms with Crippen LogP contribution in [0.1, 0.15) is 27.5 Å². The van der Waals surface area contributed by atoms with E-state index in [-0.39, 0.29) is 17.6 Å². The van der Waals surface area contributed by atoms with Crippen LogP contribution in [-0.2, 0) is 9.59 Å². The quantitative estimate of drug-likeness (QED) is 0.364. The summed E-state index contributed by atoms with van der Waals surface area (Å²) in [6.45, 7) is 0. The molecule has 3 aromatic rings. The Morgan fingerprint density at radius 3 is 2.21 bits per heavy atom. The van der Waals surface area contributed by atoms with E-state index in [0.29, 0.717) is 28.5 Å². The highest BCUT2D eigenvalue weighted by Crippen LogP contribution is 2.53. The lowest BCUT2D eigenvalue weighted by Gasteiger charge is -2.35. The van der Waals surface area contributed by atoms with Gasteiger partial charge in [0.25, 0.3) is 0 Å². The van der Waals surface area contributed by atoms with E-state index >= 15 is 0 Å². The van der Waals surface area contributed by atoms with Crippen LogP contribution in [0, 0.1) is 11.8 Å². The topological polar surface area (TPSA) is 85.4 Å². The van der Waals surface area contributed by atoms with Gasteiger partial charge in [-0.3, -0.25) is 14.4 Å². The third-order valence-electron chi connectivity index (χ3n) is 7.73. The Labute approximate surface area is 220 Å². The molecule has 0 N–H and O–H groups in total. The number of imide groups is 1. The summed E-state index contributed by atoms with van der Waals surface area (Å²) >= 11 is 0. The Kier molecular flexibility index (Phi) is 5.67. The van der Waals surface area contributed by atoms with Gasteiger partial charge in [-0.1, -0.05) is 24.3 Å². The molecule has 192 valence electrons. The largest absolute Gasteiger partial charge is 0.497 e. The van der Waals surface area contributed by atoms with Crippen LogP contribution < -0.4 is 19.1 Å². The first-order valence-electron chi connectivity index (χ1n) is 12.3. The van der Waals surface area contributed by atoms with Crippen LogP contribution in [0.25, 0.3) is 6.08 Å². The highest BCUT2D eigenvalue weighted by molar-refractivity contribution is 6.24.